The molecular formula is C17H19ClO. The summed E-state index contributed by atoms with van der Waals surface area (Å²) >= 11 is 5.88. The fourth-order valence-corrected chi connectivity index (χ4v) is 2.35. The maximum atomic E-state index is 10.6. The van der Waals surface area contributed by atoms with Crippen molar-refractivity contribution < 1.29 is 5.11 Å². The van der Waals surface area contributed by atoms with E-state index in [2.05, 4.69) is 32.0 Å². The second-order valence-electron chi connectivity index (χ2n) is 5.38. The Kier molecular flexibility index (Phi) is 3.98. The average molecular weight is 275 g/mol. The number of hydrogen-bond donors (Lipinski definition) is 1. The molecule has 0 saturated carbocycles. The third-order valence-corrected chi connectivity index (χ3v) is 3.84. The summed E-state index contributed by atoms with van der Waals surface area (Å²) in [6.45, 7) is 6.03. The molecule has 1 atom stereocenters. The van der Waals surface area contributed by atoms with Gasteiger partial charge in [0, 0.05) is 11.4 Å². The molecule has 0 aromatic heterocycles. The van der Waals surface area contributed by atoms with Crippen molar-refractivity contribution in [3.63, 3.8) is 0 Å². The number of aliphatic hydroxyl groups is 1. The van der Waals surface area contributed by atoms with Crippen LogP contribution in [0.2, 0.25) is 5.02 Å². The first-order valence-corrected chi connectivity index (χ1v) is 6.81. The van der Waals surface area contributed by atoms with Crippen LogP contribution in [0, 0.1) is 13.8 Å². The van der Waals surface area contributed by atoms with Crippen LogP contribution >= 0.6 is 11.6 Å². The summed E-state index contributed by atoms with van der Waals surface area (Å²) in [7, 11) is 0. The van der Waals surface area contributed by atoms with E-state index in [1.165, 1.54) is 11.1 Å². The van der Waals surface area contributed by atoms with Crippen LogP contribution in [0.5, 0.6) is 0 Å². The summed E-state index contributed by atoms with van der Waals surface area (Å²) in [5.41, 5.74) is 3.67. The van der Waals surface area contributed by atoms with Gasteiger partial charge in [0.05, 0.1) is 5.60 Å². The lowest BCUT2D eigenvalue weighted by atomic mass is 9.88. The Morgan fingerprint density at radius 1 is 1.00 bits per heavy atom. The molecule has 0 saturated heterocycles. The van der Waals surface area contributed by atoms with Crippen molar-refractivity contribution in [3.8, 4) is 0 Å². The predicted molar refractivity (Wildman–Crippen MR) is 80.6 cm³/mol. The lowest BCUT2D eigenvalue weighted by Gasteiger charge is -2.24. The van der Waals surface area contributed by atoms with Crippen LogP contribution in [-0.2, 0) is 12.0 Å². The fraction of sp³-hybridized carbons (Fsp3) is 0.294. The van der Waals surface area contributed by atoms with Gasteiger partial charge in [0.1, 0.15) is 0 Å². The summed E-state index contributed by atoms with van der Waals surface area (Å²) in [6, 6.07) is 13.7. The molecule has 0 bridgehead atoms. The second kappa shape index (κ2) is 5.36. The number of rotatable bonds is 3. The standard InChI is InChI=1S/C17H19ClO/c1-12-4-5-14(10-13(12)2)11-17(3,19)15-6-8-16(18)9-7-15/h4-10,19H,11H2,1-3H3. The largest absolute Gasteiger partial charge is 0.385 e. The van der Waals surface area contributed by atoms with Gasteiger partial charge in [-0.1, -0.05) is 41.9 Å². The summed E-state index contributed by atoms with van der Waals surface area (Å²) in [4.78, 5) is 0. The highest BCUT2D eigenvalue weighted by molar-refractivity contribution is 6.30. The van der Waals surface area contributed by atoms with Gasteiger partial charge < -0.3 is 5.11 Å². The van der Waals surface area contributed by atoms with Gasteiger partial charge in [0.25, 0.3) is 0 Å². The quantitative estimate of drug-likeness (QED) is 0.879. The molecule has 2 aromatic carbocycles. The normalized spacial score (nSPS) is 14.2. The van der Waals surface area contributed by atoms with Crippen LogP contribution in [0.3, 0.4) is 0 Å². The van der Waals surface area contributed by atoms with Gasteiger partial charge in [-0.2, -0.15) is 0 Å². The van der Waals surface area contributed by atoms with Crippen LogP contribution in [0.15, 0.2) is 42.5 Å². The molecule has 100 valence electrons. The molecule has 0 radical (unpaired) electrons. The van der Waals surface area contributed by atoms with Gasteiger partial charge in [-0.15, -0.1) is 0 Å². The minimum absolute atomic E-state index is 0.593. The second-order valence-corrected chi connectivity index (χ2v) is 5.81. The minimum Gasteiger partial charge on any atom is -0.385 e. The molecule has 2 heteroatoms. The van der Waals surface area contributed by atoms with Crippen LogP contribution < -0.4 is 0 Å². The number of halogens is 1. The van der Waals surface area contributed by atoms with Gasteiger partial charge in [0.15, 0.2) is 0 Å². The zero-order chi connectivity index (χ0) is 14.0. The molecule has 0 heterocycles. The first kappa shape index (κ1) is 14.1. The Labute approximate surface area is 119 Å². The first-order valence-electron chi connectivity index (χ1n) is 6.43. The maximum absolute atomic E-state index is 10.6. The summed E-state index contributed by atoms with van der Waals surface area (Å²) in [5.74, 6) is 0. The Bertz CT molecular complexity index is 570. The monoisotopic (exact) mass is 274 g/mol. The molecule has 0 aliphatic heterocycles. The lowest BCUT2D eigenvalue weighted by Crippen LogP contribution is -2.24. The van der Waals surface area contributed by atoms with E-state index in [9.17, 15) is 5.11 Å². The first-order chi connectivity index (χ1) is 8.88. The summed E-state index contributed by atoms with van der Waals surface area (Å²) in [6.07, 6.45) is 0.593. The van der Waals surface area contributed by atoms with Gasteiger partial charge in [0.2, 0.25) is 0 Å². The Morgan fingerprint density at radius 2 is 1.63 bits per heavy atom. The van der Waals surface area contributed by atoms with Crippen molar-refractivity contribution in [2.45, 2.75) is 32.8 Å². The van der Waals surface area contributed by atoms with E-state index in [0.717, 1.165) is 11.1 Å². The van der Waals surface area contributed by atoms with Crippen LogP contribution in [0.25, 0.3) is 0 Å². The van der Waals surface area contributed by atoms with Crippen molar-refractivity contribution in [1.82, 2.24) is 0 Å². The fourth-order valence-electron chi connectivity index (χ4n) is 2.22. The van der Waals surface area contributed by atoms with Crippen molar-refractivity contribution in [1.29, 1.82) is 0 Å². The highest BCUT2D eigenvalue weighted by Gasteiger charge is 2.23. The van der Waals surface area contributed by atoms with E-state index >= 15 is 0 Å². The van der Waals surface area contributed by atoms with E-state index in [0.29, 0.717) is 11.4 Å². The molecular weight excluding hydrogens is 256 g/mol. The van der Waals surface area contributed by atoms with E-state index in [-0.39, 0.29) is 0 Å². The maximum Gasteiger partial charge on any atom is 0.0908 e. The number of aryl methyl sites for hydroxylation is 2. The molecule has 0 aliphatic carbocycles. The van der Waals surface area contributed by atoms with Gasteiger partial charge >= 0.3 is 0 Å². The molecule has 1 N–H and O–H groups in total. The van der Waals surface area contributed by atoms with Gasteiger partial charge in [-0.05, 0) is 55.2 Å². The van der Waals surface area contributed by atoms with E-state index in [1.54, 1.807) is 0 Å². The van der Waals surface area contributed by atoms with Crippen LogP contribution in [0.4, 0.5) is 0 Å². The molecule has 0 spiro atoms. The van der Waals surface area contributed by atoms with E-state index in [4.69, 9.17) is 11.6 Å². The molecule has 2 rings (SSSR count). The Morgan fingerprint density at radius 3 is 2.21 bits per heavy atom. The summed E-state index contributed by atoms with van der Waals surface area (Å²) < 4.78 is 0. The highest BCUT2D eigenvalue weighted by Crippen LogP contribution is 2.27. The SMILES string of the molecule is Cc1ccc(CC(C)(O)c2ccc(Cl)cc2)cc1C. The van der Waals surface area contributed by atoms with Gasteiger partial charge in [-0.3, -0.25) is 0 Å². The van der Waals surface area contributed by atoms with E-state index in [1.807, 2.05) is 31.2 Å². The number of benzene rings is 2. The third-order valence-electron chi connectivity index (χ3n) is 3.59. The Balaban J connectivity index is 2.25. The number of hydrogen-bond acceptors (Lipinski definition) is 1. The minimum atomic E-state index is -0.883. The molecule has 0 aliphatic rings. The Hall–Kier alpha value is -1.31. The smallest absolute Gasteiger partial charge is 0.0908 e. The topological polar surface area (TPSA) is 20.2 Å². The molecule has 0 amide bonds. The van der Waals surface area contributed by atoms with Crippen molar-refractivity contribution >= 4 is 11.6 Å². The molecule has 19 heavy (non-hydrogen) atoms. The van der Waals surface area contributed by atoms with Crippen LogP contribution in [-0.4, -0.2) is 5.11 Å². The predicted octanol–water partition coefficient (Wildman–Crippen LogP) is 4.41. The average Bonchev–Trinajstić information content (AvgIpc) is 2.34. The molecule has 0 fully saturated rings. The lowest BCUT2D eigenvalue weighted by molar-refractivity contribution is 0.0576. The highest BCUT2D eigenvalue weighted by atomic mass is 35.5. The zero-order valence-electron chi connectivity index (χ0n) is 11.6. The zero-order valence-corrected chi connectivity index (χ0v) is 12.3. The molecule has 1 nitrogen and oxygen atoms in total. The molecule has 2 aromatic rings. The van der Waals surface area contributed by atoms with E-state index < -0.39 is 5.60 Å². The van der Waals surface area contributed by atoms with Gasteiger partial charge in [-0.25, -0.2) is 0 Å². The van der Waals surface area contributed by atoms with Crippen molar-refractivity contribution in [2.24, 2.45) is 0 Å². The molecule has 1 unspecified atom stereocenters. The van der Waals surface area contributed by atoms with Crippen molar-refractivity contribution in [3.05, 3.63) is 69.7 Å². The third kappa shape index (κ3) is 3.37. The van der Waals surface area contributed by atoms with Crippen molar-refractivity contribution in [2.75, 3.05) is 0 Å². The summed E-state index contributed by atoms with van der Waals surface area (Å²) in [5, 5.41) is 11.3. The van der Waals surface area contributed by atoms with Crippen LogP contribution in [0.1, 0.15) is 29.2 Å².